The van der Waals surface area contributed by atoms with E-state index in [0.29, 0.717) is 0 Å². The maximum absolute atomic E-state index is 5.48. The summed E-state index contributed by atoms with van der Waals surface area (Å²) in [6.45, 7) is 5.16. The molecule has 15 heavy (non-hydrogen) atoms. The normalized spacial score (nSPS) is 13.7. The number of benzene rings is 1. The molecule has 1 N–H and O–H groups in total. The topological polar surface area (TPSA) is 21.3 Å². The van der Waals surface area contributed by atoms with Crippen LogP contribution in [0.2, 0.25) is 0 Å². The Balaban J connectivity index is 1.87. The lowest BCUT2D eigenvalue weighted by atomic mass is 10.1. The van der Waals surface area contributed by atoms with E-state index in [0.717, 1.165) is 31.9 Å². The molecular weight excluding hydrogens is 186 g/mol. The van der Waals surface area contributed by atoms with E-state index in [4.69, 9.17) is 4.74 Å². The molecule has 0 amide bonds. The highest BCUT2D eigenvalue weighted by molar-refractivity contribution is 5.39. The lowest BCUT2D eigenvalue weighted by molar-refractivity contribution is 0.357. The summed E-state index contributed by atoms with van der Waals surface area (Å²) in [4.78, 5) is 0. The molecule has 2 heteroatoms. The zero-order valence-corrected chi connectivity index (χ0v) is 9.38. The molecule has 0 saturated carbocycles. The monoisotopic (exact) mass is 205 g/mol. The van der Waals surface area contributed by atoms with Gasteiger partial charge in [-0.3, -0.25) is 0 Å². The Hall–Kier alpha value is -1.02. The van der Waals surface area contributed by atoms with Gasteiger partial charge >= 0.3 is 0 Å². The van der Waals surface area contributed by atoms with Gasteiger partial charge < -0.3 is 10.1 Å². The average molecular weight is 205 g/mol. The maximum atomic E-state index is 5.48. The van der Waals surface area contributed by atoms with E-state index in [2.05, 4.69) is 30.4 Å². The van der Waals surface area contributed by atoms with Gasteiger partial charge in [-0.1, -0.05) is 25.5 Å². The Morgan fingerprint density at radius 1 is 1.40 bits per heavy atom. The second-order valence-electron chi connectivity index (χ2n) is 4.07. The standard InChI is InChI=1S/C13H19NO/c1-2-3-7-14-10-11-4-5-13-12(9-11)6-8-15-13/h4-5,9,14H,2-3,6-8,10H2,1H3. The summed E-state index contributed by atoms with van der Waals surface area (Å²) in [6.07, 6.45) is 3.58. The fourth-order valence-electron chi connectivity index (χ4n) is 1.88. The molecule has 0 aromatic heterocycles. The number of nitrogens with one attached hydrogen (secondary N) is 1. The van der Waals surface area contributed by atoms with Gasteiger partial charge in [-0.05, 0) is 30.2 Å². The molecule has 2 nitrogen and oxygen atoms in total. The fourth-order valence-corrected chi connectivity index (χ4v) is 1.88. The van der Waals surface area contributed by atoms with E-state index in [1.807, 2.05) is 0 Å². The van der Waals surface area contributed by atoms with Crippen LogP contribution in [0.4, 0.5) is 0 Å². The summed E-state index contributed by atoms with van der Waals surface area (Å²) in [5.41, 5.74) is 2.74. The first-order valence-corrected chi connectivity index (χ1v) is 5.85. The summed E-state index contributed by atoms with van der Waals surface area (Å²) >= 11 is 0. The van der Waals surface area contributed by atoms with Crippen molar-refractivity contribution in [2.24, 2.45) is 0 Å². The summed E-state index contributed by atoms with van der Waals surface area (Å²) in [5.74, 6) is 1.08. The number of hydrogen-bond donors (Lipinski definition) is 1. The predicted molar refractivity (Wildman–Crippen MR) is 62.3 cm³/mol. The first-order valence-electron chi connectivity index (χ1n) is 5.85. The second kappa shape index (κ2) is 5.17. The van der Waals surface area contributed by atoms with Crippen LogP contribution in [0.1, 0.15) is 30.9 Å². The Labute approximate surface area is 91.6 Å². The Kier molecular flexibility index (Phi) is 3.62. The van der Waals surface area contributed by atoms with Crippen LogP contribution < -0.4 is 10.1 Å². The van der Waals surface area contributed by atoms with E-state index in [1.54, 1.807) is 0 Å². The van der Waals surface area contributed by atoms with Crippen LogP contribution >= 0.6 is 0 Å². The van der Waals surface area contributed by atoms with E-state index in [1.165, 1.54) is 24.0 Å². The lowest BCUT2D eigenvalue weighted by Crippen LogP contribution is -2.14. The molecule has 0 radical (unpaired) electrons. The molecule has 82 valence electrons. The van der Waals surface area contributed by atoms with Crippen molar-refractivity contribution in [3.63, 3.8) is 0 Å². The molecule has 1 heterocycles. The van der Waals surface area contributed by atoms with Crippen LogP contribution in [0, 0.1) is 0 Å². The molecule has 0 unspecified atom stereocenters. The number of rotatable bonds is 5. The van der Waals surface area contributed by atoms with Crippen molar-refractivity contribution in [1.29, 1.82) is 0 Å². The lowest BCUT2D eigenvalue weighted by Gasteiger charge is -2.05. The van der Waals surface area contributed by atoms with Gasteiger partial charge in [-0.25, -0.2) is 0 Å². The van der Waals surface area contributed by atoms with Crippen LogP contribution in [0.25, 0.3) is 0 Å². The second-order valence-corrected chi connectivity index (χ2v) is 4.07. The Morgan fingerprint density at radius 2 is 2.33 bits per heavy atom. The molecule has 1 aliphatic heterocycles. The van der Waals surface area contributed by atoms with Crippen LogP contribution in [0.5, 0.6) is 5.75 Å². The first kappa shape index (κ1) is 10.5. The number of hydrogen-bond acceptors (Lipinski definition) is 2. The maximum Gasteiger partial charge on any atom is 0.122 e. The van der Waals surface area contributed by atoms with E-state index < -0.39 is 0 Å². The zero-order valence-electron chi connectivity index (χ0n) is 9.38. The van der Waals surface area contributed by atoms with Gasteiger partial charge in [0.05, 0.1) is 6.61 Å². The zero-order chi connectivity index (χ0) is 10.5. The Bertz CT molecular complexity index is 322. The molecule has 1 aliphatic rings. The molecule has 0 spiro atoms. The van der Waals surface area contributed by atoms with Crippen molar-refractivity contribution in [2.45, 2.75) is 32.7 Å². The first-order chi connectivity index (χ1) is 7.40. The van der Waals surface area contributed by atoms with Gasteiger partial charge in [0.25, 0.3) is 0 Å². The Morgan fingerprint density at radius 3 is 3.20 bits per heavy atom. The fraction of sp³-hybridized carbons (Fsp3) is 0.538. The SMILES string of the molecule is CCCCNCc1ccc2c(c1)CCO2. The highest BCUT2D eigenvalue weighted by Gasteiger charge is 2.11. The molecule has 0 saturated heterocycles. The summed E-state index contributed by atoms with van der Waals surface area (Å²) in [6, 6.07) is 6.52. The molecule has 2 rings (SSSR count). The van der Waals surface area contributed by atoms with E-state index in [-0.39, 0.29) is 0 Å². The molecule has 0 bridgehead atoms. The molecular formula is C13H19NO. The third-order valence-electron chi connectivity index (χ3n) is 2.79. The van der Waals surface area contributed by atoms with E-state index >= 15 is 0 Å². The van der Waals surface area contributed by atoms with Gasteiger partial charge in [0.1, 0.15) is 5.75 Å². The van der Waals surface area contributed by atoms with Gasteiger partial charge in [0.2, 0.25) is 0 Å². The van der Waals surface area contributed by atoms with Gasteiger partial charge in [-0.15, -0.1) is 0 Å². The third kappa shape index (κ3) is 2.72. The van der Waals surface area contributed by atoms with Crippen molar-refractivity contribution >= 4 is 0 Å². The van der Waals surface area contributed by atoms with Gasteiger partial charge in [-0.2, -0.15) is 0 Å². The molecule has 0 aliphatic carbocycles. The number of ether oxygens (including phenoxy) is 1. The molecule has 0 fully saturated rings. The van der Waals surface area contributed by atoms with Crippen LogP contribution in [-0.2, 0) is 13.0 Å². The summed E-state index contributed by atoms with van der Waals surface area (Å²) in [5, 5.41) is 3.45. The number of fused-ring (bicyclic) bond motifs is 1. The molecule has 1 aromatic carbocycles. The quantitative estimate of drug-likeness (QED) is 0.746. The minimum absolute atomic E-state index is 0.849. The average Bonchev–Trinajstić information content (AvgIpc) is 2.71. The minimum Gasteiger partial charge on any atom is -0.493 e. The smallest absolute Gasteiger partial charge is 0.122 e. The highest BCUT2D eigenvalue weighted by Crippen LogP contribution is 2.25. The summed E-state index contributed by atoms with van der Waals surface area (Å²) < 4.78 is 5.48. The largest absolute Gasteiger partial charge is 0.493 e. The molecule has 0 atom stereocenters. The van der Waals surface area contributed by atoms with Crippen molar-refractivity contribution in [1.82, 2.24) is 5.32 Å². The van der Waals surface area contributed by atoms with Crippen molar-refractivity contribution in [2.75, 3.05) is 13.2 Å². The van der Waals surface area contributed by atoms with Gasteiger partial charge in [0, 0.05) is 13.0 Å². The summed E-state index contributed by atoms with van der Waals surface area (Å²) in [7, 11) is 0. The van der Waals surface area contributed by atoms with Crippen molar-refractivity contribution in [3.8, 4) is 5.75 Å². The third-order valence-corrected chi connectivity index (χ3v) is 2.79. The van der Waals surface area contributed by atoms with E-state index in [9.17, 15) is 0 Å². The van der Waals surface area contributed by atoms with Gasteiger partial charge in [0.15, 0.2) is 0 Å². The van der Waals surface area contributed by atoms with Crippen LogP contribution in [0.3, 0.4) is 0 Å². The van der Waals surface area contributed by atoms with Crippen LogP contribution in [-0.4, -0.2) is 13.2 Å². The van der Waals surface area contributed by atoms with Crippen molar-refractivity contribution < 1.29 is 4.74 Å². The highest BCUT2D eigenvalue weighted by atomic mass is 16.5. The molecule has 1 aromatic rings. The number of unbranched alkanes of at least 4 members (excludes halogenated alkanes) is 1. The minimum atomic E-state index is 0.849. The van der Waals surface area contributed by atoms with Crippen molar-refractivity contribution in [3.05, 3.63) is 29.3 Å². The van der Waals surface area contributed by atoms with Crippen LogP contribution in [0.15, 0.2) is 18.2 Å². The predicted octanol–water partition coefficient (Wildman–Crippen LogP) is 2.51.